The minimum Gasteiger partial charge on any atom is -0.341 e. The van der Waals surface area contributed by atoms with Crippen molar-refractivity contribution in [1.82, 2.24) is 19.1 Å². The number of hydrogen-bond acceptors (Lipinski definition) is 5. The quantitative estimate of drug-likeness (QED) is 0.477. The van der Waals surface area contributed by atoms with Gasteiger partial charge in [-0.05, 0) is 44.2 Å². The predicted molar refractivity (Wildman–Crippen MR) is 134 cm³/mol. The molecule has 0 amide bonds. The lowest BCUT2D eigenvalue weighted by Gasteiger charge is -2.31. The molecule has 1 unspecified atom stereocenters. The lowest BCUT2D eigenvalue weighted by molar-refractivity contribution is 0.495. The number of pyridine rings is 2. The Morgan fingerprint density at radius 3 is 2.88 bits per heavy atom. The van der Waals surface area contributed by atoms with E-state index < -0.39 is 0 Å². The molecule has 1 atom stereocenters. The second kappa shape index (κ2) is 8.83. The van der Waals surface area contributed by atoms with Crippen LogP contribution in [-0.2, 0) is 13.1 Å². The van der Waals surface area contributed by atoms with E-state index in [1.807, 2.05) is 30.5 Å². The van der Waals surface area contributed by atoms with Gasteiger partial charge in [-0.2, -0.15) is 0 Å². The van der Waals surface area contributed by atoms with Gasteiger partial charge in [0.1, 0.15) is 5.52 Å². The summed E-state index contributed by atoms with van der Waals surface area (Å²) in [6.07, 6.45) is 7.83. The Hall–Kier alpha value is -3.45. The zero-order valence-corrected chi connectivity index (χ0v) is 19.2. The highest BCUT2D eigenvalue weighted by atomic mass is 16.1. The third kappa shape index (κ3) is 4.16. The number of rotatable bonds is 5. The van der Waals surface area contributed by atoms with Gasteiger partial charge in [0, 0.05) is 43.5 Å². The fraction of sp³-hybridized carbons (Fsp3) is 0.346. The molecule has 1 aromatic carbocycles. The Morgan fingerprint density at radius 2 is 2.06 bits per heavy atom. The lowest BCUT2D eigenvalue weighted by Crippen LogP contribution is -2.44. The highest BCUT2D eigenvalue weighted by molar-refractivity contribution is 5.84. The molecule has 4 heterocycles. The normalized spacial score (nSPS) is 16.5. The maximum Gasteiger partial charge on any atom is 0.277 e. The van der Waals surface area contributed by atoms with E-state index in [0.29, 0.717) is 18.6 Å². The molecule has 1 fully saturated rings. The molecule has 0 saturated carbocycles. The Balaban J connectivity index is 1.62. The standard InChI is InChI=1S/C26H30N6O/c1-18(2)10-15-32-24-22(29-26(32)31-13-5-7-20(27)16-31)11-14-30(25(24)33)17-23-21-8-4-3-6-19(21)9-12-28-23/h3-4,6,8-12,14,20H,5,7,13,15-17,27H2,1-2H3. The molecule has 0 aliphatic carbocycles. The van der Waals surface area contributed by atoms with Crippen molar-refractivity contribution in [2.75, 3.05) is 18.0 Å². The number of hydrogen-bond donors (Lipinski definition) is 1. The molecule has 5 rings (SSSR count). The number of aromatic nitrogens is 4. The van der Waals surface area contributed by atoms with Crippen LogP contribution in [-0.4, -0.2) is 38.2 Å². The number of fused-ring (bicyclic) bond motifs is 2. The molecule has 0 spiro atoms. The molecular weight excluding hydrogens is 412 g/mol. The van der Waals surface area contributed by atoms with Gasteiger partial charge in [-0.15, -0.1) is 0 Å². The molecule has 7 nitrogen and oxygen atoms in total. The van der Waals surface area contributed by atoms with Crippen molar-refractivity contribution in [3.8, 4) is 0 Å². The summed E-state index contributed by atoms with van der Waals surface area (Å²) in [4.78, 5) is 25.4. The fourth-order valence-electron chi connectivity index (χ4n) is 4.64. The van der Waals surface area contributed by atoms with E-state index in [9.17, 15) is 4.79 Å². The van der Waals surface area contributed by atoms with Crippen LogP contribution in [0.15, 0.2) is 65.2 Å². The number of imidazole rings is 1. The van der Waals surface area contributed by atoms with Gasteiger partial charge < -0.3 is 19.8 Å². The number of benzene rings is 1. The zero-order valence-electron chi connectivity index (χ0n) is 19.2. The van der Waals surface area contributed by atoms with E-state index in [4.69, 9.17) is 10.7 Å². The second-order valence-corrected chi connectivity index (χ2v) is 9.11. The molecule has 170 valence electrons. The van der Waals surface area contributed by atoms with Gasteiger partial charge in [-0.1, -0.05) is 35.9 Å². The first kappa shape index (κ1) is 21.4. The van der Waals surface area contributed by atoms with E-state index in [2.05, 4.69) is 46.5 Å². The van der Waals surface area contributed by atoms with Crippen molar-refractivity contribution in [2.45, 2.75) is 45.8 Å². The Bertz CT molecular complexity index is 1390. The first-order valence-corrected chi connectivity index (χ1v) is 11.6. The number of anilines is 1. The van der Waals surface area contributed by atoms with Gasteiger partial charge in [0.05, 0.1) is 17.8 Å². The Morgan fingerprint density at radius 1 is 1.21 bits per heavy atom. The van der Waals surface area contributed by atoms with Crippen LogP contribution in [0.5, 0.6) is 0 Å². The van der Waals surface area contributed by atoms with Crippen LogP contribution in [0.2, 0.25) is 0 Å². The molecular formula is C26H30N6O. The van der Waals surface area contributed by atoms with Crippen molar-refractivity contribution in [1.29, 1.82) is 0 Å². The molecule has 1 aliphatic rings. The number of piperidine rings is 1. The second-order valence-electron chi connectivity index (χ2n) is 9.11. The zero-order chi connectivity index (χ0) is 22.9. The molecule has 7 heteroatoms. The number of nitrogens with two attached hydrogens (primary N) is 1. The SMILES string of the molecule is CC(C)=CCn1c(N2CCCC(N)C2)nc2ccn(Cc3nccc4ccccc34)c(=O)c21. The van der Waals surface area contributed by atoms with E-state index >= 15 is 0 Å². The van der Waals surface area contributed by atoms with Crippen LogP contribution in [0.4, 0.5) is 5.95 Å². The van der Waals surface area contributed by atoms with Crippen LogP contribution >= 0.6 is 0 Å². The summed E-state index contributed by atoms with van der Waals surface area (Å²) >= 11 is 0. The van der Waals surface area contributed by atoms with Crippen molar-refractivity contribution in [3.05, 3.63) is 76.5 Å². The van der Waals surface area contributed by atoms with Gasteiger partial charge >= 0.3 is 0 Å². The minimum atomic E-state index is -0.0514. The maximum atomic E-state index is 13.7. The summed E-state index contributed by atoms with van der Waals surface area (Å²) < 4.78 is 3.79. The van der Waals surface area contributed by atoms with E-state index in [-0.39, 0.29) is 11.6 Å². The number of allylic oxidation sites excluding steroid dienone is 2. The average molecular weight is 443 g/mol. The van der Waals surface area contributed by atoms with E-state index in [1.165, 1.54) is 5.57 Å². The summed E-state index contributed by atoms with van der Waals surface area (Å²) in [6, 6.07) is 12.2. The third-order valence-electron chi connectivity index (χ3n) is 6.35. The monoisotopic (exact) mass is 442 g/mol. The largest absolute Gasteiger partial charge is 0.341 e. The summed E-state index contributed by atoms with van der Waals surface area (Å²) in [7, 11) is 0. The highest BCUT2D eigenvalue weighted by Crippen LogP contribution is 2.24. The topological polar surface area (TPSA) is 82.0 Å². The Labute approximate surface area is 193 Å². The summed E-state index contributed by atoms with van der Waals surface area (Å²) in [5, 5.41) is 2.18. The van der Waals surface area contributed by atoms with Gasteiger partial charge in [-0.3, -0.25) is 9.78 Å². The highest BCUT2D eigenvalue weighted by Gasteiger charge is 2.24. The van der Waals surface area contributed by atoms with Crippen molar-refractivity contribution in [2.24, 2.45) is 5.73 Å². The fourth-order valence-corrected chi connectivity index (χ4v) is 4.64. The van der Waals surface area contributed by atoms with Crippen LogP contribution in [0.1, 0.15) is 32.4 Å². The molecule has 0 radical (unpaired) electrons. The van der Waals surface area contributed by atoms with Gasteiger partial charge in [0.25, 0.3) is 5.56 Å². The third-order valence-corrected chi connectivity index (χ3v) is 6.35. The summed E-state index contributed by atoms with van der Waals surface area (Å²) in [5.74, 6) is 0.829. The average Bonchev–Trinajstić information content (AvgIpc) is 3.19. The first-order chi connectivity index (χ1) is 16.0. The van der Waals surface area contributed by atoms with Crippen LogP contribution in [0.3, 0.4) is 0 Å². The molecule has 1 saturated heterocycles. The lowest BCUT2D eigenvalue weighted by atomic mass is 10.1. The van der Waals surface area contributed by atoms with Crippen molar-refractivity contribution < 1.29 is 0 Å². The smallest absolute Gasteiger partial charge is 0.277 e. The molecule has 33 heavy (non-hydrogen) atoms. The van der Waals surface area contributed by atoms with Gasteiger partial charge in [-0.25, -0.2) is 4.98 Å². The summed E-state index contributed by atoms with van der Waals surface area (Å²) in [6.45, 7) is 6.81. The molecule has 1 aliphatic heterocycles. The molecule has 0 bridgehead atoms. The molecule has 4 aromatic rings. The van der Waals surface area contributed by atoms with Crippen molar-refractivity contribution in [3.63, 3.8) is 0 Å². The van der Waals surface area contributed by atoms with Crippen LogP contribution in [0.25, 0.3) is 21.8 Å². The summed E-state index contributed by atoms with van der Waals surface area (Å²) in [5.41, 5.74) is 9.63. The Kier molecular flexibility index (Phi) is 5.72. The first-order valence-electron chi connectivity index (χ1n) is 11.6. The van der Waals surface area contributed by atoms with E-state index in [0.717, 1.165) is 53.9 Å². The van der Waals surface area contributed by atoms with Crippen LogP contribution < -0.4 is 16.2 Å². The minimum absolute atomic E-state index is 0.0514. The van der Waals surface area contributed by atoms with Crippen molar-refractivity contribution >= 4 is 27.8 Å². The maximum absolute atomic E-state index is 13.7. The van der Waals surface area contributed by atoms with E-state index in [1.54, 1.807) is 10.8 Å². The molecule has 2 N–H and O–H groups in total. The predicted octanol–water partition coefficient (Wildman–Crippen LogP) is 3.69. The number of nitrogens with zero attached hydrogens (tertiary/aromatic N) is 5. The van der Waals surface area contributed by atoms with Crippen LogP contribution in [0, 0.1) is 0 Å². The molecule has 3 aromatic heterocycles. The van der Waals surface area contributed by atoms with Gasteiger partial charge in [0.2, 0.25) is 5.95 Å². The van der Waals surface area contributed by atoms with Gasteiger partial charge in [0.15, 0.2) is 0 Å².